The van der Waals surface area contributed by atoms with Crippen molar-refractivity contribution in [1.29, 1.82) is 0 Å². The van der Waals surface area contributed by atoms with E-state index in [1.807, 2.05) is 23.1 Å². The molecule has 4 bridgehead atoms. The van der Waals surface area contributed by atoms with Crippen molar-refractivity contribution in [2.24, 2.45) is 17.8 Å². The maximum atomic E-state index is 13.1. The van der Waals surface area contributed by atoms with E-state index in [1.165, 1.54) is 12.8 Å². The Bertz CT molecular complexity index is 690. The Labute approximate surface area is 149 Å². The Morgan fingerprint density at radius 3 is 2.48 bits per heavy atom. The number of rotatable bonds is 1. The van der Waals surface area contributed by atoms with Crippen molar-refractivity contribution in [2.75, 3.05) is 29.9 Å². The van der Waals surface area contributed by atoms with Gasteiger partial charge in [0.15, 0.2) is 0 Å². The van der Waals surface area contributed by atoms with Gasteiger partial charge < -0.3 is 15.3 Å². The molecule has 0 aromatic heterocycles. The Morgan fingerprint density at radius 2 is 1.80 bits per heavy atom. The number of anilines is 2. The predicted molar refractivity (Wildman–Crippen MR) is 97.9 cm³/mol. The number of benzene rings is 1. The molecule has 1 heterocycles. The number of aliphatic hydroxyl groups is 1. The number of hydrogen-bond donors (Lipinski definition) is 2. The predicted octanol–water partition coefficient (Wildman–Crippen LogP) is 2.59. The third-order valence-electron chi connectivity index (χ3n) is 7.02. The highest BCUT2D eigenvalue weighted by atomic mass is 16.3. The molecule has 2 atom stereocenters. The van der Waals surface area contributed by atoms with Gasteiger partial charge in [-0.25, -0.2) is 4.79 Å². The lowest BCUT2D eigenvalue weighted by atomic mass is 9.52. The summed E-state index contributed by atoms with van der Waals surface area (Å²) in [4.78, 5) is 17.2. The highest BCUT2D eigenvalue weighted by Gasteiger charge is 2.55. The Hall–Kier alpha value is -1.75. The van der Waals surface area contributed by atoms with Gasteiger partial charge in [0, 0.05) is 26.2 Å². The van der Waals surface area contributed by atoms with Crippen LogP contribution >= 0.6 is 0 Å². The van der Waals surface area contributed by atoms with Crippen molar-refractivity contribution in [2.45, 2.75) is 43.7 Å². The van der Waals surface area contributed by atoms with E-state index in [2.05, 4.69) is 23.3 Å². The summed E-state index contributed by atoms with van der Waals surface area (Å²) in [5.74, 6) is 1.56. The minimum Gasteiger partial charge on any atom is -0.390 e. The highest BCUT2D eigenvalue weighted by molar-refractivity contribution is 5.97. The summed E-state index contributed by atoms with van der Waals surface area (Å²) in [6, 6.07) is 8.39. The van der Waals surface area contributed by atoms with E-state index in [-0.39, 0.29) is 12.1 Å². The van der Waals surface area contributed by atoms with Crippen LogP contribution < -0.4 is 15.1 Å². The molecular weight excluding hydrogens is 314 g/mol. The number of amides is 2. The smallest absolute Gasteiger partial charge is 0.322 e. The van der Waals surface area contributed by atoms with E-state index in [9.17, 15) is 9.90 Å². The van der Waals surface area contributed by atoms with E-state index >= 15 is 0 Å². The van der Waals surface area contributed by atoms with Gasteiger partial charge in [-0.3, -0.25) is 4.90 Å². The van der Waals surface area contributed by atoms with Gasteiger partial charge in [-0.15, -0.1) is 0 Å². The second kappa shape index (κ2) is 5.37. The zero-order valence-corrected chi connectivity index (χ0v) is 14.8. The monoisotopic (exact) mass is 341 g/mol. The molecule has 4 saturated carbocycles. The highest BCUT2D eigenvalue weighted by Crippen LogP contribution is 2.55. The SMILES string of the molecule is CN1CCN(C(=O)NC2C3CC4CC2CC(O)(C4)C3)c2ccccc21. The molecule has 2 unspecified atom stereocenters. The largest absolute Gasteiger partial charge is 0.390 e. The quantitative estimate of drug-likeness (QED) is 0.825. The second-order valence-electron chi connectivity index (χ2n) is 8.73. The number of carbonyl (C=O) groups is 1. The third-order valence-corrected chi connectivity index (χ3v) is 7.02. The first kappa shape index (κ1) is 15.5. The van der Waals surface area contributed by atoms with Gasteiger partial charge in [0.25, 0.3) is 0 Å². The molecule has 25 heavy (non-hydrogen) atoms. The van der Waals surface area contributed by atoms with Gasteiger partial charge in [-0.05, 0) is 62.0 Å². The van der Waals surface area contributed by atoms with Gasteiger partial charge in [0.05, 0.1) is 17.0 Å². The Morgan fingerprint density at radius 1 is 1.12 bits per heavy atom. The van der Waals surface area contributed by atoms with Crippen LogP contribution in [0.3, 0.4) is 0 Å². The molecule has 2 N–H and O–H groups in total. The third kappa shape index (κ3) is 2.43. The molecule has 5 heteroatoms. The lowest BCUT2D eigenvalue weighted by molar-refractivity contribution is -0.136. The molecule has 0 radical (unpaired) electrons. The van der Waals surface area contributed by atoms with Crippen molar-refractivity contribution in [3.8, 4) is 0 Å². The molecular formula is C20H27N3O2. The van der Waals surface area contributed by atoms with Crippen LogP contribution in [-0.2, 0) is 0 Å². The first-order valence-electron chi connectivity index (χ1n) is 9.63. The molecule has 5 nitrogen and oxygen atoms in total. The average molecular weight is 341 g/mol. The van der Waals surface area contributed by atoms with Gasteiger partial charge in [-0.1, -0.05) is 12.1 Å². The minimum absolute atomic E-state index is 0.0324. The van der Waals surface area contributed by atoms with E-state index < -0.39 is 5.60 Å². The van der Waals surface area contributed by atoms with Crippen molar-refractivity contribution in [3.63, 3.8) is 0 Å². The first-order chi connectivity index (χ1) is 12.0. The fourth-order valence-corrected chi connectivity index (χ4v) is 6.15. The zero-order valence-electron chi connectivity index (χ0n) is 14.8. The van der Waals surface area contributed by atoms with Gasteiger partial charge in [0.1, 0.15) is 0 Å². The zero-order chi connectivity index (χ0) is 17.2. The summed E-state index contributed by atoms with van der Waals surface area (Å²) < 4.78 is 0. The van der Waals surface area contributed by atoms with Crippen LogP contribution in [0.25, 0.3) is 0 Å². The summed E-state index contributed by atoms with van der Waals surface area (Å²) in [7, 11) is 2.08. The molecule has 4 aliphatic carbocycles. The van der Waals surface area contributed by atoms with Crippen molar-refractivity contribution in [1.82, 2.24) is 5.32 Å². The molecule has 1 aromatic rings. The molecule has 0 saturated heterocycles. The number of nitrogens with zero attached hydrogens (tertiary/aromatic N) is 2. The van der Waals surface area contributed by atoms with Crippen LogP contribution in [0, 0.1) is 17.8 Å². The van der Waals surface area contributed by atoms with Gasteiger partial charge in [0.2, 0.25) is 0 Å². The van der Waals surface area contributed by atoms with Crippen LogP contribution in [0.1, 0.15) is 32.1 Å². The van der Waals surface area contributed by atoms with Crippen LogP contribution in [0.4, 0.5) is 16.2 Å². The summed E-state index contributed by atoms with van der Waals surface area (Å²) in [6.45, 7) is 1.57. The summed E-state index contributed by atoms with van der Waals surface area (Å²) in [5, 5.41) is 14.1. The number of urea groups is 1. The number of para-hydroxylation sites is 2. The first-order valence-corrected chi connectivity index (χ1v) is 9.63. The molecule has 134 valence electrons. The van der Waals surface area contributed by atoms with Crippen molar-refractivity contribution >= 4 is 17.4 Å². The second-order valence-corrected chi connectivity index (χ2v) is 8.73. The number of fused-ring (bicyclic) bond motifs is 1. The van der Waals surface area contributed by atoms with Crippen LogP contribution in [0.2, 0.25) is 0 Å². The maximum Gasteiger partial charge on any atom is 0.322 e. The summed E-state index contributed by atoms with van der Waals surface area (Å²) in [5.41, 5.74) is 1.66. The van der Waals surface area contributed by atoms with E-state index in [0.29, 0.717) is 24.3 Å². The number of carbonyl (C=O) groups excluding carboxylic acids is 1. The Kier molecular flexibility index (Phi) is 3.33. The van der Waals surface area contributed by atoms with Crippen LogP contribution in [0.15, 0.2) is 24.3 Å². The number of likely N-dealkylation sites (N-methyl/N-ethyl adjacent to an activating group) is 1. The van der Waals surface area contributed by atoms with Crippen molar-refractivity contribution in [3.05, 3.63) is 24.3 Å². The lowest BCUT2D eigenvalue weighted by Gasteiger charge is -2.58. The molecule has 6 rings (SSSR count). The fraction of sp³-hybridized carbons (Fsp3) is 0.650. The number of hydrogen-bond acceptors (Lipinski definition) is 3. The molecule has 2 amide bonds. The number of nitrogens with one attached hydrogen (secondary N) is 1. The summed E-state index contributed by atoms with van der Waals surface area (Å²) in [6.07, 6.45) is 5.05. The summed E-state index contributed by atoms with van der Waals surface area (Å²) >= 11 is 0. The molecule has 1 aliphatic heterocycles. The average Bonchev–Trinajstić information content (AvgIpc) is 2.57. The maximum absolute atomic E-state index is 13.1. The normalized spacial score (nSPS) is 38.6. The van der Waals surface area contributed by atoms with Gasteiger partial charge >= 0.3 is 6.03 Å². The minimum atomic E-state index is -0.446. The van der Waals surface area contributed by atoms with E-state index in [4.69, 9.17) is 0 Å². The molecule has 0 spiro atoms. The van der Waals surface area contributed by atoms with Crippen LogP contribution in [-0.4, -0.2) is 42.9 Å². The van der Waals surface area contributed by atoms with Crippen LogP contribution in [0.5, 0.6) is 0 Å². The fourth-order valence-electron chi connectivity index (χ4n) is 6.15. The lowest BCUT2D eigenvalue weighted by Crippen LogP contribution is -2.63. The standard InChI is InChI=1S/C20H27N3O2/c1-22-6-7-23(17-5-3-2-4-16(17)22)19(24)21-18-14-8-13-9-15(18)12-20(25,10-13)11-14/h2-5,13-15,18,25H,6-12H2,1H3,(H,21,24). The molecule has 5 aliphatic rings. The van der Waals surface area contributed by atoms with E-state index in [1.54, 1.807) is 0 Å². The van der Waals surface area contributed by atoms with Gasteiger partial charge in [-0.2, -0.15) is 0 Å². The van der Waals surface area contributed by atoms with Crippen molar-refractivity contribution < 1.29 is 9.90 Å². The van der Waals surface area contributed by atoms with E-state index in [0.717, 1.165) is 37.2 Å². The molecule has 4 fully saturated rings. The Balaban J connectivity index is 1.36. The molecule has 1 aromatic carbocycles. The topological polar surface area (TPSA) is 55.8 Å².